The van der Waals surface area contributed by atoms with Crippen molar-refractivity contribution in [2.75, 3.05) is 26.2 Å². The Bertz CT molecular complexity index is 518. The Balaban J connectivity index is 1.97. The average molecular weight is 491 g/mol. The Hall–Kier alpha value is -0.835. The molecule has 1 aliphatic rings. The molecular formula is C30H57BNO3. The Kier molecular flexibility index (Phi) is 20.6. The molecule has 0 saturated carbocycles. The minimum Gasteiger partial charge on any atom is -0.466 e. The molecule has 4 nitrogen and oxygen atoms in total. The summed E-state index contributed by atoms with van der Waals surface area (Å²) in [6, 6.07) is 0. The summed E-state index contributed by atoms with van der Waals surface area (Å²) in [5, 5.41) is 0. The highest BCUT2D eigenvalue weighted by atomic mass is 16.5. The summed E-state index contributed by atoms with van der Waals surface area (Å²) in [7, 11) is 1.97. The number of hydrogen-bond donors (Lipinski definition) is 0. The van der Waals surface area contributed by atoms with Crippen LogP contribution in [-0.2, 0) is 14.3 Å². The molecule has 0 aromatic carbocycles. The number of carbonyl (C=O) groups excluding carboxylic acids is 2. The van der Waals surface area contributed by atoms with Gasteiger partial charge in [-0.15, -0.1) is 0 Å². The van der Waals surface area contributed by atoms with Crippen LogP contribution in [0.15, 0.2) is 0 Å². The smallest absolute Gasteiger partial charge is 0.305 e. The van der Waals surface area contributed by atoms with E-state index in [1.165, 1.54) is 77.0 Å². The van der Waals surface area contributed by atoms with Gasteiger partial charge < -0.3 is 14.4 Å². The standard InChI is InChI=1S/C30H57BNO3/c1-4-7-12-18-27(19-13-8-5-2)20-16-25-35-30(34)21-14-10-9-11-15-23-32-24-22-28(26-32)31-29(33)17-6-3/h27-28H,4-26H2,1-3H3. The highest BCUT2D eigenvalue weighted by Gasteiger charge is 2.24. The number of carbonyl (C=O) groups is 2. The quantitative estimate of drug-likeness (QED) is 0.0782. The third-order valence-electron chi connectivity index (χ3n) is 7.53. The van der Waals surface area contributed by atoms with Gasteiger partial charge in [0, 0.05) is 6.42 Å². The predicted octanol–water partition coefficient (Wildman–Crippen LogP) is 7.95. The molecule has 5 heteroatoms. The second kappa shape index (κ2) is 22.4. The van der Waals surface area contributed by atoms with Crippen molar-refractivity contribution >= 4 is 18.9 Å². The third kappa shape index (κ3) is 18.1. The first-order chi connectivity index (χ1) is 17.1. The van der Waals surface area contributed by atoms with Gasteiger partial charge in [-0.2, -0.15) is 0 Å². The van der Waals surface area contributed by atoms with Crippen LogP contribution in [0.4, 0.5) is 0 Å². The van der Waals surface area contributed by atoms with Crippen LogP contribution in [0.3, 0.4) is 0 Å². The van der Waals surface area contributed by atoms with E-state index in [0.29, 0.717) is 30.9 Å². The zero-order valence-electron chi connectivity index (χ0n) is 23.7. The van der Waals surface area contributed by atoms with E-state index in [2.05, 4.69) is 25.7 Å². The molecule has 0 bridgehead atoms. The number of ether oxygens (including phenoxy) is 1. The van der Waals surface area contributed by atoms with E-state index in [4.69, 9.17) is 4.74 Å². The van der Waals surface area contributed by atoms with E-state index in [-0.39, 0.29) is 5.97 Å². The predicted molar refractivity (Wildman–Crippen MR) is 150 cm³/mol. The van der Waals surface area contributed by atoms with Crippen LogP contribution in [0.25, 0.3) is 0 Å². The zero-order valence-corrected chi connectivity index (χ0v) is 23.7. The van der Waals surface area contributed by atoms with Gasteiger partial charge in [-0.3, -0.25) is 4.79 Å². The van der Waals surface area contributed by atoms with E-state index in [0.717, 1.165) is 57.7 Å². The lowest BCUT2D eigenvalue weighted by atomic mass is 9.59. The molecule has 1 radical (unpaired) electrons. The fraction of sp³-hybridized carbons (Fsp3) is 0.933. The van der Waals surface area contributed by atoms with Gasteiger partial charge in [0.05, 0.1) is 12.3 Å². The molecule has 1 unspecified atom stereocenters. The largest absolute Gasteiger partial charge is 0.466 e. The van der Waals surface area contributed by atoms with Gasteiger partial charge in [-0.05, 0) is 69.9 Å². The normalized spacial score (nSPS) is 16.2. The highest BCUT2D eigenvalue weighted by molar-refractivity contribution is 6.75. The van der Waals surface area contributed by atoms with Crippen molar-refractivity contribution in [2.24, 2.45) is 5.92 Å². The second-order valence-corrected chi connectivity index (χ2v) is 11.0. The van der Waals surface area contributed by atoms with Gasteiger partial charge in [-0.25, -0.2) is 0 Å². The topological polar surface area (TPSA) is 46.6 Å². The minimum atomic E-state index is -0.00417. The van der Waals surface area contributed by atoms with E-state index in [1.54, 1.807) is 0 Å². The SMILES string of the molecule is CCCCCC(CCCCC)CCCOC(=O)CCCCCCCN1CCC([B]C(=O)CCC)C1. The van der Waals surface area contributed by atoms with Crippen molar-refractivity contribution in [3.05, 3.63) is 0 Å². The molecule has 1 saturated heterocycles. The molecule has 0 aromatic heterocycles. The van der Waals surface area contributed by atoms with E-state index in [1.807, 2.05) is 7.28 Å². The number of rotatable bonds is 24. The molecule has 1 heterocycles. The van der Waals surface area contributed by atoms with Crippen LogP contribution in [0, 0.1) is 5.92 Å². The summed E-state index contributed by atoms with van der Waals surface area (Å²) >= 11 is 0. The van der Waals surface area contributed by atoms with E-state index < -0.39 is 0 Å². The summed E-state index contributed by atoms with van der Waals surface area (Å²) in [5.74, 6) is 1.28. The van der Waals surface area contributed by atoms with Crippen LogP contribution in [0.1, 0.15) is 143 Å². The number of unbranched alkanes of at least 4 members (excludes halogenated alkanes) is 8. The van der Waals surface area contributed by atoms with Crippen molar-refractivity contribution in [1.82, 2.24) is 4.90 Å². The number of likely N-dealkylation sites (tertiary alicyclic amines) is 1. The van der Waals surface area contributed by atoms with Crippen molar-refractivity contribution in [3.63, 3.8) is 0 Å². The van der Waals surface area contributed by atoms with Gasteiger partial charge >= 0.3 is 5.97 Å². The molecule has 1 fully saturated rings. The lowest BCUT2D eigenvalue weighted by Gasteiger charge is -2.16. The first-order valence-corrected chi connectivity index (χ1v) is 15.3. The Morgan fingerprint density at radius 2 is 1.46 bits per heavy atom. The fourth-order valence-electron chi connectivity index (χ4n) is 5.36. The number of hydrogen-bond acceptors (Lipinski definition) is 4. The van der Waals surface area contributed by atoms with Crippen molar-refractivity contribution in [2.45, 2.75) is 149 Å². The maximum Gasteiger partial charge on any atom is 0.305 e. The average Bonchev–Trinajstić information content (AvgIpc) is 3.28. The third-order valence-corrected chi connectivity index (χ3v) is 7.53. The minimum absolute atomic E-state index is 0.00417. The summed E-state index contributed by atoms with van der Waals surface area (Å²) < 4.78 is 5.52. The maximum atomic E-state index is 12.1. The molecule has 0 amide bonds. The van der Waals surface area contributed by atoms with Crippen LogP contribution in [-0.4, -0.2) is 50.1 Å². The molecule has 0 aromatic rings. The highest BCUT2D eigenvalue weighted by Crippen LogP contribution is 2.23. The first-order valence-electron chi connectivity index (χ1n) is 15.3. The van der Waals surface area contributed by atoms with Gasteiger partial charge in [0.25, 0.3) is 0 Å². The number of nitrogens with zero attached hydrogens (tertiary/aromatic N) is 1. The fourth-order valence-corrected chi connectivity index (χ4v) is 5.36. The second-order valence-electron chi connectivity index (χ2n) is 11.0. The zero-order chi connectivity index (χ0) is 25.6. The van der Waals surface area contributed by atoms with Gasteiger partial charge in [0.2, 0.25) is 7.28 Å². The van der Waals surface area contributed by atoms with Crippen LogP contribution < -0.4 is 0 Å². The van der Waals surface area contributed by atoms with E-state index in [9.17, 15) is 9.59 Å². The van der Waals surface area contributed by atoms with Crippen molar-refractivity contribution in [3.8, 4) is 0 Å². The Morgan fingerprint density at radius 1 is 0.800 bits per heavy atom. The van der Waals surface area contributed by atoms with Crippen LogP contribution >= 0.6 is 0 Å². The summed E-state index contributed by atoms with van der Waals surface area (Å²) in [6.45, 7) is 10.5. The van der Waals surface area contributed by atoms with E-state index >= 15 is 0 Å². The maximum absolute atomic E-state index is 12.1. The molecule has 1 rings (SSSR count). The molecule has 35 heavy (non-hydrogen) atoms. The summed E-state index contributed by atoms with van der Waals surface area (Å²) in [4.78, 5) is 26.4. The molecule has 1 atom stereocenters. The van der Waals surface area contributed by atoms with Crippen molar-refractivity contribution in [1.29, 1.82) is 0 Å². The molecule has 1 aliphatic heterocycles. The molecule has 203 valence electrons. The Morgan fingerprint density at radius 3 is 2.14 bits per heavy atom. The lowest BCUT2D eigenvalue weighted by molar-refractivity contribution is -0.144. The molecule has 0 aliphatic carbocycles. The molecular weight excluding hydrogens is 433 g/mol. The summed E-state index contributed by atoms with van der Waals surface area (Å²) in [5.41, 5.74) is 0.326. The molecule has 0 spiro atoms. The van der Waals surface area contributed by atoms with Crippen molar-refractivity contribution < 1.29 is 14.3 Å². The first kappa shape index (κ1) is 32.2. The van der Waals surface area contributed by atoms with Gasteiger partial charge in [0.1, 0.15) is 0 Å². The van der Waals surface area contributed by atoms with Crippen LogP contribution in [0.2, 0.25) is 5.82 Å². The van der Waals surface area contributed by atoms with Gasteiger partial charge in [-0.1, -0.05) is 97.8 Å². The number of esters is 1. The van der Waals surface area contributed by atoms with Crippen LogP contribution in [0.5, 0.6) is 0 Å². The van der Waals surface area contributed by atoms with Gasteiger partial charge in [0.15, 0.2) is 0 Å². The summed E-state index contributed by atoms with van der Waals surface area (Å²) in [6.07, 6.45) is 22.0. The molecule has 0 N–H and O–H groups in total. The monoisotopic (exact) mass is 490 g/mol. The lowest BCUT2D eigenvalue weighted by Crippen LogP contribution is -2.23. The Labute approximate surface area is 219 Å².